The molecule has 1 saturated carbocycles. The van der Waals surface area contributed by atoms with Crippen LogP contribution in [0.3, 0.4) is 0 Å². The van der Waals surface area contributed by atoms with E-state index in [1.54, 1.807) is 21.9 Å². The highest BCUT2D eigenvalue weighted by Gasteiger charge is 2.30. The lowest BCUT2D eigenvalue weighted by Gasteiger charge is -2.34. The summed E-state index contributed by atoms with van der Waals surface area (Å²) in [5.41, 5.74) is 1.77. The Morgan fingerprint density at radius 2 is 1.62 bits per heavy atom. The first-order valence-corrected chi connectivity index (χ1v) is 12.5. The van der Waals surface area contributed by atoms with E-state index < -0.39 is 0 Å². The van der Waals surface area contributed by atoms with Crippen LogP contribution in [0.4, 0.5) is 0 Å². The van der Waals surface area contributed by atoms with Gasteiger partial charge in [0.15, 0.2) is 11.5 Å². The van der Waals surface area contributed by atoms with Crippen molar-refractivity contribution in [1.82, 2.24) is 9.80 Å². The number of rotatable bonds is 5. The van der Waals surface area contributed by atoms with Gasteiger partial charge in [-0.2, -0.15) is 11.8 Å². The van der Waals surface area contributed by atoms with E-state index in [9.17, 15) is 9.59 Å². The molecule has 0 spiro atoms. The fourth-order valence-electron chi connectivity index (χ4n) is 4.66. The summed E-state index contributed by atoms with van der Waals surface area (Å²) in [6, 6.07) is 11.3. The summed E-state index contributed by atoms with van der Waals surface area (Å²) in [6.07, 6.45) is 7.96. The fourth-order valence-corrected chi connectivity index (χ4v) is 6.02. The third kappa shape index (κ3) is 4.31. The zero-order chi connectivity index (χ0) is 21.9. The number of piperazine rings is 1. The zero-order valence-corrected chi connectivity index (χ0v) is 18.9. The van der Waals surface area contributed by atoms with Gasteiger partial charge in [0.1, 0.15) is 5.58 Å². The minimum absolute atomic E-state index is 0.0782. The number of hydrogen-bond donors (Lipinski definition) is 0. The van der Waals surface area contributed by atoms with Gasteiger partial charge in [-0.25, -0.2) is 0 Å². The molecular weight excluding hydrogens is 424 g/mol. The van der Waals surface area contributed by atoms with Gasteiger partial charge in [0.25, 0.3) is 11.8 Å². The third-order valence-corrected chi connectivity index (χ3v) is 7.89. The lowest BCUT2D eigenvalue weighted by atomic mass is 10.0. The first-order valence-electron chi connectivity index (χ1n) is 11.4. The van der Waals surface area contributed by atoms with E-state index >= 15 is 0 Å². The van der Waals surface area contributed by atoms with Gasteiger partial charge in [0.2, 0.25) is 0 Å². The van der Waals surface area contributed by atoms with Gasteiger partial charge < -0.3 is 18.6 Å². The highest BCUT2D eigenvalue weighted by atomic mass is 32.2. The standard InChI is InChI=1S/C25H28N2O4S/c28-24(22-11-6-16-30-22)26-12-14-27(15-13-26)25(29)23-20(17-32-18-7-2-1-3-8-18)19-9-4-5-10-21(19)31-23/h4-6,9-11,16,18H,1-3,7-8,12-15,17H2. The van der Waals surface area contributed by atoms with Crippen LogP contribution in [0.2, 0.25) is 0 Å². The molecule has 0 atom stereocenters. The van der Waals surface area contributed by atoms with Gasteiger partial charge in [-0.3, -0.25) is 9.59 Å². The number of carbonyl (C=O) groups excluding carboxylic acids is 2. The van der Waals surface area contributed by atoms with E-state index in [4.69, 9.17) is 8.83 Å². The monoisotopic (exact) mass is 452 g/mol. The van der Waals surface area contributed by atoms with E-state index in [2.05, 4.69) is 0 Å². The highest BCUT2D eigenvalue weighted by Crippen LogP contribution is 2.35. The van der Waals surface area contributed by atoms with Crippen molar-refractivity contribution in [2.75, 3.05) is 26.2 Å². The van der Waals surface area contributed by atoms with Crippen LogP contribution in [-0.2, 0) is 5.75 Å². The quantitative estimate of drug-likeness (QED) is 0.533. The second-order valence-corrected chi connectivity index (χ2v) is 9.83. The SMILES string of the molecule is O=C(c1ccco1)N1CCN(C(=O)c2oc3ccccc3c2CSC2CCCCC2)CC1. The molecular formula is C25H28N2O4S. The van der Waals surface area contributed by atoms with Crippen molar-refractivity contribution in [1.29, 1.82) is 0 Å². The Hall–Kier alpha value is -2.67. The Labute approximate surface area is 191 Å². The molecule has 2 amide bonds. The first kappa shape index (κ1) is 21.2. The maximum absolute atomic E-state index is 13.4. The average molecular weight is 453 g/mol. The van der Waals surface area contributed by atoms with Crippen LogP contribution in [-0.4, -0.2) is 53.0 Å². The summed E-state index contributed by atoms with van der Waals surface area (Å²) < 4.78 is 11.3. The molecule has 2 fully saturated rings. The van der Waals surface area contributed by atoms with Crippen molar-refractivity contribution in [3.63, 3.8) is 0 Å². The minimum atomic E-state index is -0.129. The molecule has 168 valence electrons. The van der Waals surface area contributed by atoms with Crippen molar-refractivity contribution in [3.8, 4) is 0 Å². The minimum Gasteiger partial charge on any atom is -0.459 e. The van der Waals surface area contributed by atoms with Crippen LogP contribution >= 0.6 is 11.8 Å². The van der Waals surface area contributed by atoms with Gasteiger partial charge in [0.05, 0.1) is 6.26 Å². The molecule has 2 aromatic heterocycles. The predicted octanol–water partition coefficient (Wildman–Crippen LogP) is 5.19. The molecule has 2 aliphatic rings. The molecule has 0 bridgehead atoms. The predicted molar refractivity (Wildman–Crippen MR) is 125 cm³/mol. The topological polar surface area (TPSA) is 66.9 Å². The lowest BCUT2D eigenvalue weighted by molar-refractivity contribution is 0.0503. The number of thioether (sulfide) groups is 1. The molecule has 3 heterocycles. The second-order valence-electron chi connectivity index (χ2n) is 8.54. The van der Waals surface area contributed by atoms with Gasteiger partial charge >= 0.3 is 0 Å². The fraction of sp³-hybridized carbons (Fsp3) is 0.440. The van der Waals surface area contributed by atoms with Gasteiger partial charge in [-0.1, -0.05) is 37.5 Å². The molecule has 3 aromatic rings. The van der Waals surface area contributed by atoms with Crippen molar-refractivity contribution in [2.24, 2.45) is 0 Å². The Balaban J connectivity index is 1.30. The largest absolute Gasteiger partial charge is 0.459 e. The number of amides is 2. The van der Waals surface area contributed by atoms with Crippen molar-refractivity contribution < 1.29 is 18.4 Å². The number of nitrogens with zero attached hydrogens (tertiary/aromatic N) is 2. The number of carbonyl (C=O) groups is 2. The van der Waals surface area contributed by atoms with Crippen LogP contribution < -0.4 is 0 Å². The molecule has 7 heteroatoms. The van der Waals surface area contributed by atoms with Crippen LogP contribution in [0.25, 0.3) is 11.0 Å². The summed E-state index contributed by atoms with van der Waals surface area (Å²) in [5, 5.41) is 1.70. The maximum Gasteiger partial charge on any atom is 0.290 e. The van der Waals surface area contributed by atoms with Crippen LogP contribution in [0.15, 0.2) is 51.5 Å². The van der Waals surface area contributed by atoms with Crippen LogP contribution in [0, 0.1) is 0 Å². The number of para-hydroxylation sites is 1. The molecule has 32 heavy (non-hydrogen) atoms. The van der Waals surface area contributed by atoms with Crippen molar-refractivity contribution in [2.45, 2.75) is 43.1 Å². The molecule has 1 aromatic carbocycles. The number of benzene rings is 1. The number of furan rings is 2. The molecule has 6 nitrogen and oxygen atoms in total. The van der Waals surface area contributed by atoms with Crippen molar-refractivity contribution >= 4 is 34.5 Å². The molecule has 5 rings (SSSR count). The maximum atomic E-state index is 13.4. The van der Waals surface area contributed by atoms with Gasteiger partial charge in [-0.05, 0) is 31.0 Å². The molecule has 0 unspecified atom stereocenters. The normalized spacial score (nSPS) is 17.8. The summed E-state index contributed by atoms with van der Waals surface area (Å²) in [7, 11) is 0. The lowest BCUT2D eigenvalue weighted by Crippen LogP contribution is -2.50. The average Bonchev–Trinajstić information content (AvgIpc) is 3.51. The molecule has 0 radical (unpaired) electrons. The van der Waals surface area contributed by atoms with E-state index in [1.165, 1.54) is 38.4 Å². The molecule has 0 N–H and O–H groups in total. The zero-order valence-electron chi connectivity index (χ0n) is 18.1. The number of hydrogen-bond acceptors (Lipinski definition) is 5. The summed E-state index contributed by atoms with van der Waals surface area (Å²) in [6.45, 7) is 1.93. The molecule has 1 aliphatic heterocycles. The molecule has 1 aliphatic carbocycles. The highest BCUT2D eigenvalue weighted by molar-refractivity contribution is 7.99. The van der Waals surface area contributed by atoms with Gasteiger partial charge in [-0.15, -0.1) is 0 Å². The van der Waals surface area contributed by atoms with Crippen molar-refractivity contribution in [3.05, 3.63) is 59.7 Å². The van der Waals surface area contributed by atoms with E-state index in [0.29, 0.717) is 42.9 Å². The van der Waals surface area contributed by atoms with E-state index in [1.807, 2.05) is 36.0 Å². The Morgan fingerprint density at radius 3 is 2.34 bits per heavy atom. The summed E-state index contributed by atoms with van der Waals surface area (Å²) in [5.74, 6) is 1.38. The summed E-state index contributed by atoms with van der Waals surface area (Å²) >= 11 is 1.96. The smallest absolute Gasteiger partial charge is 0.290 e. The second kappa shape index (κ2) is 9.45. The Kier molecular flexibility index (Phi) is 6.26. The van der Waals surface area contributed by atoms with Crippen LogP contribution in [0.1, 0.15) is 58.8 Å². The Morgan fingerprint density at radius 1 is 0.906 bits per heavy atom. The molecule has 1 saturated heterocycles. The van der Waals surface area contributed by atoms with Crippen LogP contribution in [0.5, 0.6) is 0 Å². The number of fused-ring (bicyclic) bond motifs is 1. The van der Waals surface area contributed by atoms with E-state index in [-0.39, 0.29) is 11.8 Å². The third-order valence-electron chi connectivity index (χ3n) is 6.49. The Bertz CT molecular complexity index is 1080. The summed E-state index contributed by atoms with van der Waals surface area (Å²) in [4.78, 5) is 29.5. The first-order chi connectivity index (χ1) is 15.7. The van der Waals surface area contributed by atoms with Gasteiger partial charge in [0, 0.05) is 48.1 Å². The van der Waals surface area contributed by atoms with E-state index in [0.717, 1.165) is 22.3 Å².